The van der Waals surface area contributed by atoms with Crippen molar-refractivity contribution in [2.24, 2.45) is 7.05 Å². The molecule has 1 amide bonds. The van der Waals surface area contributed by atoms with Crippen molar-refractivity contribution in [3.8, 4) is 0 Å². The van der Waals surface area contributed by atoms with Crippen LogP contribution in [0.5, 0.6) is 0 Å². The van der Waals surface area contributed by atoms with E-state index in [1.54, 1.807) is 11.7 Å². The summed E-state index contributed by atoms with van der Waals surface area (Å²) in [6, 6.07) is 10.5. The Labute approximate surface area is 155 Å². The van der Waals surface area contributed by atoms with E-state index in [-0.39, 0.29) is 5.91 Å². The maximum Gasteiger partial charge on any atom is 0.269 e. The van der Waals surface area contributed by atoms with Gasteiger partial charge < -0.3 is 10.2 Å². The zero-order chi connectivity index (χ0) is 18.5. The molecule has 0 spiro atoms. The fourth-order valence-corrected chi connectivity index (χ4v) is 3.47. The molecule has 0 atom stereocenters. The number of carbonyl (C=O) groups excluding carboxylic acids is 1. The third kappa shape index (κ3) is 4.64. The number of nitrogens with zero attached hydrogens (tertiary/aromatic N) is 4. The summed E-state index contributed by atoms with van der Waals surface area (Å²) < 4.78 is 1.63. The number of benzene rings is 1. The van der Waals surface area contributed by atoms with Gasteiger partial charge in [0, 0.05) is 45.5 Å². The minimum absolute atomic E-state index is 0.0441. The minimum atomic E-state index is -0.0441. The highest BCUT2D eigenvalue weighted by Crippen LogP contribution is 2.17. The lowest BCUT2D eigenvalue weighted by Gasteiger charge is -2.36. The molecular formula is C20H29N5O. The van der Waals surface area contributed by atoms with Crippen LogP contribution in [0.4, 0.5) is 5.69 Å². The van der Waals surface area contributed by atoms with Gasteiger partial charge in [-0.1, -0.05) is 12.1 Å². The van der Waals surface area contributed by atoms with Crippen molar-refractivity contribution in [2.75, 3.05) is 44.2 Å². The number of nitrogens with one attached hydrogen (secondary N) is 1. The van der Waals surface area contributed by atoms with E-state index in [9.17, 15) is 4.79 Å². The van der Waals surface area contributed by atoms with Crippen LogP contribution >= 0.6 is 0 Å². The van der Waals surface area contributed by atoms with Crippen LogP contribution < -0.4 is 10.2 Å². The first-order valence-electron chi connectivity index (χ1n) is 9.36. The van der Waals surface area contributed by atoms with Crippen molar-refractivity contribution in [3.63, 3.8) is 0 Å². The Kier molecular flexibility index (Phi) is 5.93. The Morgan fingerprint density at radius 1 is 1.15 bits per heavy atom. The summed E-state index contributed by atoms with van der Waals surface area (Å²) in [6.07, 6.45) is 0.965. The normalized spacial score (nSPS) is 15.3. The van der Waals surface area contributed by atoms with Crippen LogP contribution in [0.25, 0.3) is 0 Å². The zero-order valence-corrected chi connectivity index (χ0v) is 16.0. The van der Waals surface area contributed by atoms with Crippen molar-refractivity contribution in [3.05, 3.63) is 47.3 Å². The van der Waals surface area contributed by atoms with Crippen LogP contribution in [-0.4, -0.2) is 59.9 Å². The Balaban J connectivity index is 1.36. The Hall–Kier alpha value is -2.34. The predicted octanol–water partition coefficient (Wildman–Crippen LogP) is 1.98. The number of piperazine rings is 1. The van der Waals surface area contributed by atoms with Gasteiger partial charge in [-0.3, -0.25) is 14.4 Å². The molecule has 2 heterocycles. The van der Waals surface area contributed by atoms with E-state index >= 15 is 0 Å². The highest BCUT2D eigenvalue weighted by atomic mass is 16.2. The fourth-order valence-electron chi connectivity index (χ4n) is 3.47. The molecule has 0 aliphatic carbocycles. The monoisotopic (exact) mass is 355 g/mol. The molecule has 140 valence electrons. The maximum absolute atomic E-state index is 12.2. The number of hydrogen-bond acceptors (Lipinski definition) is 4. The van der Waals surface area contributed by atoms with Crippen LogP contribution in [-0.2, 0) is 7.05 Å². The molecule has 6 heteroatoms. The third-order valence-corrected chi connectivity index (χ3v) is 4.91. The number of anilines is 1. The lowest BCUT2D eigenvalue weighted by molar-refractivity contribution is 0.0942. The summed E-state index contributed by atoms with van der Waals surface area (Å²) in [5.41, 5.74) is 4.12. The molecule has 1 N–H and O–H groups in total. The smallest absolute Gasteiger partial charge is 0.269 e. The first-order chi connectivity index (χ1) is 12.5. The highest BCUT2D eigenvalue weighted by Gasteiger charge is 2.17. The molecule has 1 aromatic carbocycles. The first-order valence-corrected chi connectivity index (χ1v) is 9.36. The summed E-state index contributed by atoms with van der Waals surface area (Å²) in [7, 11) is 1.80. The molecule has 1 aliphatic heterocycles. The number of carbonyl (C=O) groups is 1. The summed E-state index contributed by atoms with van der Waals surface area (Å²) in [5.74, 6) is -0.0441. The highest BCUT2D eigenvalue weighted by molar-refractivity contribution is 5.92. The zero-order valence-electron chi connectivity index (χ0n) is 16.0. The second-order valence-corrected chi connectivity index (χ2v) is 7.07. The summed E-state index contributed by atoms with van der Waals surface area (Å²) in [4.78, 5) is 17.1. The van der Waals surface area contributed by atoms with Crippen molar-refractivity contribution in [2.45, 2.75) is 20.3 Å². The van der Waals surface area contributed by atoms with Crippen LogP contribution in [0.1, 0.15) is 28.2 Å². The van der Waals surface area contributed by atoms with E-state index in [1.165, 1.54) is 11.3 Å². The number of aryl methyl sites for hydroxylation is 3. The summed E-state index contributed by atoms with van der Waals surface area (Å²) >= 11 is 0. The molecule has 26 heavy (non-hydrogen) atoms. The largest absolute Gasteiger partial charge is 0.369 e. The lowest BCUT2D eigenvalue weighted by atomic mass is 10.2. The van der Waals surface area contributed by atoms with Gasteiger partial charge in [0.05, 0.1) is 5.69 Å². The predicted molar refractivity (Wildman–Crippen MR) is 105 cm³/mol. The fraction of sp³-hybridized carbons (Fsp3) is 0.500. The third-order valence-electron chi connectivity index (χ3n) is 4.91. The second-order valence-electron chi connectivity index (χ2n) is 7.07. The second kappa shape index (κ2) is 8.36. The van der Waals surface area contributed by atoms with Gasteiger partial charge >= 0.3 is 0 Å². The standard InChI is InChI=1S/C20H29N5O/c1-16-6-4-7-18(14-16)25-12-10-24(11-13-25)9-5-8-21-20(26)19-15-17(2)22-23(19)3/h4,6-7,14-15H,5,8-13H2,1-3H3,(H,21,26). The van der Waals surface area contributed by atoms with Gasteiger partial charge in [-0.15, -0.1) is 0 Å². The van der Waals surface area contributed by atoms with Gasteiger partial charge in [0.15, 0.2) is 0 Å². The lowest BCUT2D eigenvalue weighted by Crippen LogP contribution is -2.47. The molecule has 0 radical (unpaired) electrons. The number of hydrogen-bond donors (Lipinski definition) is 1. The summed E-state index contributed by atoms with van der Waals surface area (Å²) in [5, 5.41) is 7.21. The van der Waals surface area contributed by atoms with Crippen LogP contribution in [0, 0.1) is 13.8 Å². The molecule has 1 saturated heterocycles. The summed E-state index contributed by atoms with van der Waals surface area (Å²) in [6.45, 7) is 10.0. The number of rotatable bonds is 6. The topological polar surface area (TPSA) is 53.4 Å². The molecular weight excluding hydrogens is 326 g/mol. The number of amides is 1. The van der Waals surface area contributed by atoms with Gasteiger partial charge in [0.1, 0.15) is 5.69 Å². The van der Waals surface area contributed by atoms with Crippen molar-refractivity contribution in [1.29, 1.82) is 0 Å². The van der Waals surface area contributed by atoms with Crippen LogP contribution in [0.2, 0.25) is 0 Å². The van der Waals surface area contributed by atoms with E-state index < -0.39 is 0 Å². The van der Waals surface area contributed by atoms with Gasteiger partial charge in [-0.05, 0) is 50.6 Å². The van der Waals surface area contributed by atoms with Gasteiger partial charge in [-0.2, -0.15) is 5.10 Å². The first kappa shape index (κ1) is 18.5. The van der Waals surface area contributed by atoms with E-state index in [0.717, 1.165) is 44.8 Å². The Bertz CT molecular complexity index is 746. The molecule has 0 saturated carbocycles. The molecule has 3 rings (SSSR count). The molecule has 1 fully saturated rings. The van der Waals surface area contributed by atoms with Gasteiger partial charge in [0.25, 0.3) is 5.91 Å². The van der Waals surface area contributed by atoms with Gasteiger partial charge in [-0.25, -0.2) is 0 Å². The van der Waals surface area contributed by atoms with Crippen LogP contribution in [0.3, 0.4) is 0 Å². The van der Waals surface area contributed by atoms with Crippen molar-refractivity contribution in [1.82, 2.24) is 20.0 Å². The molecule has 1 aromatic heterocycles. The van der Waals surface area contributed by atoms with E-state index in [1.807, 2.05) is 13.0 Å². The van der Waals surface area contributed by atoms with E-state index in [0.29, 0.717) is 12.2 Å². The van der Waals surface area contributed by atoms with Crippen molar-refractivity contribution >= 4 is 11.6 Å². The Morgan fingerprint density at radius 3 is 2.58 bits per heavy atom. The average molecular weight is 355 g/mol. The minimum Gasteiger partial charge on any atom is -0.369 e. The average Bonchev–Trinajstić information content (AvgIpc) is 2.97. The van der Waals surface area contributed by atoms with Crippen molar-refractivity contribution < 1.29 is 4.79 Å². The molecule has 6 nitrogen and oxygen atoms in total. The quantitative estimate of drug-likeness (QED) is 0.805. The number of aromatic nitrogens is 2. The van der Waals surface area contributed by atoms with Gasteiger partial charge in [0.2, 0.25) is 0 Å². The Morgan fingerprint density at radius 2 is 1.92 bits per heavy atom. The maximum atomic E-state index is 12.2. The molecule has 2 aromatic rings. The molecule has 0 unspecified atom stereocenters. The SMILES string of the molecule is Cc1cccc(N2CCN(CCCNC(=O)c3cc(C)nn3C)CC2)c1. The van der Waals surface area contributed by atoms with E-state index in [4.69, 9.17) is 0 Å². The van der Waals surface area contributed by atoms with Crippen LogP contribution in [0.15, 0.2) is 30.3 Å². The molecule has 1 aliphatic rings. The van der Waals surface area contributed by atoms with E-state index in [2.05, 4.69) is 51.4 Å². The molecule has 0 bridgehead atoms.